The van der Waals surface area contributed by atoms with Crippen molar-refractivity contribution in [3.05, 3.63) is 0 Å². The molecule has 1 aliphatic carbocycles. The van der Waals surface area contributed by atoms with Crippen molar-refractivity contribution < 1.29 is 8.78 Å². The molecule has 2 heteroatoms. The summed E-state index contributed by atoms with van der Waals surface area (Å²) in [6.45, 7) is 10.0. The molecule has 0 saturated heterocycles. The Bertz CT molecular complexity index is 164. The maximum absolute atomic E-state index is 13.0. The SMILES string of the molecule is CC.CCCC1(CC(C)C)CC1(F)F. The van der Waals surface area contributed by atoms with Crippen molar-refractivity contribution in [2.24, 2.45) is 11.3 Å². The number of alkyl halides is 2. The van der Waals surface area contributed by atoms with Gasteiger partial charge in [0.05, 0.1) is 0 Å². The minimum Gasteiger partial charge on any atom is -0.206 e. The van der Waals surface area contributed by atoms with Gasteiger partial charge in [-0.15, -0.1) is 0 Å². The van der Waals surface area contributed by atoms with Gasteiger partial charge in [-0.2, -0.15) is 0 Å². The second kappa shape index (κ2) is 5.09. The highest BCUT2D eigenvalue weighted by Gasteiger charge is 2.69. The van der Waals surface area contributed by atoms with E-state index in [4.69, 9.17) is 0 Å². The zero-order valence-electron chi connectivity index (χ0n) is 10.2. The van der Waals surface area contributed by atoms with Crippen LogP contribution in [0.2, 0.25) is 0 Å². The Morgan fingerprint density at radius 3 is 1.86 bits per heavy atom. The van der Waals surface area contributed by atoms with Gasteiger partial charge in [0.1, 0.15) is 0 Å². The molecule has 0 aromatic carbocycles. The molecule has 0 heterocycles. The molecule has 1 rings (SSSR count). The van der Waals surface area contributed by atoms with Crippen LogP contribution in [-0.4, -0.2) is 5.92 Å². The van der Waals surface area contributed by atoms with Crippen LogP contribution < -0.4 is 0 Å². The summed E-state index contributed by atoms with van der Waals surface area (Å²) in [5, 5.41) is 0. The van der Waals surface area contributed by atoms with Crippen LogP contribution in [0.25, 0.3) is 0 Å². The quantitative estimate of drug-likeness (QED) is 0.614. The maximum Gasteiger partial charge on any atom is 0.254 e. The lowest BCUT2D eigenvalue weighted by molar-refractivity contribution is 0.0511. The lowest BCUT2D eigenvalue weighted by Gasteiger charge is -2.17. The highest BCUT2D eigenvalue weighted by atomic mass is 19.3. The van der Waals surface area contributed by atoms with Gasteiger partial charge in [0.15, 0.2) is 0 Å². The predicted molar refractivity (Wildman–Crippen MR) is 57.7 cm³/mol. The lowest BCUT2D eigenvalue weighted by Crippen LogP contribution is -2.13. The predicted octanol–water partition coefficient (Wildman–Crippen LogP) is 4.88. The Labute approximate surface area is 87.1 Å². The van der Waals surface area contributed by atoms with Crippen molar-refractivity contribution in [3.8, 4) is 0 Å². The fraction of sp³-hybridized carbons (Fsp3) is 1.00. The fourth-order valence-corrected chi connectivity index (χ4v) is 2.24. The smallest absolute Gasteiger partial charge is 0.206 e. The van der Waals surface area contributed by atoms with E-state index in [1.165, 1.54) is 0 Å². The van der Waals surface area contributed by atoms with Crippen LogP contribution >= 0.6 is 0 Å². The second-order valence-corrected chi connectivity index (χ2v) is 4.51. The van der Waals surface area contributed by atoms with Gasteiger partial charge in [-0.25, -0.2) is 8.78 Å². The topological polar surface area (TPSA) is 0 Å². The normalized spacial score (nSPS) is 28.3. The largest absolute Gasteiger partial charge is 0.254 e. The number of halogens is 2. The molecule has 1 unspecified atom stereocenters. The molecule has 0 aliphatic heterocycles. The molecular formula is C12H24F2. The van der Waals surface area contributed by atoms with Crippen LogP contribution in [-0.2, 0) is 0 Å². The summed E-state index contributed by atoms with van der Waals surface area (Å²) < 4.78 is 26.0. The average molecular weight is 206 g/mol. The number of hydrogen-bond acceptors (Lipinski definition) is 0. The van der Waals surface area contributed by atoms with Gasteiger partial charge >= 0.3 is 0 Å². The van der Waals surface area contributed by atoms with Crippen LogP contribution in [0.3, 0.4) is 0 Å². The highest BCUT2D eigenvalue weighted by molar-refractivity contribution is 5.09. The van der Waals surface area contributed by atoms with Gasteiger partial charge < -0.3 is 0 Å². The summed E-state index contributed by atoms with van der Waals surface area (Å²) in [5.74, 6) is -1.96. The Morgan fingerprint density at radius 2 is 1.64 bits per heavy atom. The van der Waals surface area contributed by atoms with Crippen LogP contribution in [0.5, 0.6) is 0 Å². The fourth-order valence-electron chi connectivity index (χ4n) is 2.24. The third kappa shape index (κ3) is 2.93. The summed E-state index contributed by atoms with van der Waals surface area (Å²) in [5.41, 5.74) is -0.615. The third-order valence-corrected chi connectivity index (χ3v) is 2.74. The Morgan fingerprint density at radius 1 is 1.21 bits per heavy atom. The summed E-state index contributed by atoms with van der Waals surface area (Å²) in [4.78, 5) is 0. The van der Waals surface area contributed by atoms with Crippen molar-refractivity contribution in [1.82, 2.24) is 0 Å². The first-order valence-electron chi connectivity index (χ1n) is 5.81. The molecule has 86 valence electrons. The highest BCUT2D eigenvalue weighted by Crippen LogP contribution is 2.66. The molecule has 0 radical (unpaired) electrons. The van der Waals surface area contributed by atoms with Crippen LogP contribution in [0.15, 0.2) is 0 Å². The van der Waals surface area contributed by atoms with Gasteiger partial charge in [-0.3, -0.25) is 0 Å². The summed E-state index contributed by atoms with van der Waals surface area (Å²) in [7, 11) is 0. The minimum atomic E-state index is -2.35. The van der Waals surface area contributed by atoms with Crippen molar-refractivity contribution in [3.63, 3.8) is 0 Å². The van der Waals surface area contributed by atoms with E-state index in [-0.39, 0.29) is 6.42 Å². The van der Waals surface area contributed by atoms with E-state index < -0.39 is 11.3 Å². The van der Waals surface area contributed by atoms with Crippen molar-refractivity contribution in [2.45, 2.75) is 66.2 Å². The van der Waals surface area contributed by atoms with Gasteiger partial charge in [-0.1, -0.05) is 41.0 Å². The molecule has 1 atom stereocenters. The molecule has 1 aliphatic rings. The van der Waals surface area contributed by atoms with Gasteiger partial charge in [0, 0.05) is 11.8 Å². The summed E-state index contributed by atoms with van der Waals surface area (Å²) in [6.07, 6.45) is 2.39. The van der Waals surface area contributed by atoms with E-state index in [0.29, 0.717) is 18.8 Å². The maximum atomic E-state index is 13.0. The lowest BCUT2D eigenvalue weighted by atomic mass is 9.89. The molecule has 0 nitrogen and oxygen atoms in total. The standard InChI is InChI=1S/C10H18F2.C2H6/c1-4-5-9(6-8(2)3)7-10(9,11)12;1-2/h8H,4-7H2,1-3H3;1-2H3. The first kappa shape index (κ1) is 13.9. The van der Waals surface area contributed by atoms with E-state index in [9.17, 15) is 8.78 Å². The van der Waals surface area contributed by atoms with Gasteiger partial charge in [-0.05, 0) is 18.8 Å². The third-order valence-electron chi connectivity index (χ3n) is 2.74. The Balaban J connectivity index is 0.000000791. The Hall–Kier alpha value is -0.140. The van der Waals surface area contributed by atoms with Crippen LogP contribution in [0.4, 0.5) is 8.78 Å². The number of hydrogen-bond donors (Lipinski definition) is 0. The first-order valence-corrected chi connectivity index (χ1v) is 5.81. The molecule has 0 amide bonds. The molecular weight excluding hydrogens is 182 g/mol. The molecule has 0 aromatic rings. The molecule has 1 fully saturated rings. The van der Waals surface area contributed by atoms with Gasteiger partial charge in [0.2, 0.25) is 0 Å². The van der Waals surface area contributed by atoms with E-state index in [1.807, 2.05) is 34.6 Å². The minimum absolute atomic E-state index is 0.131. The van der Waals surface area contributed by atoms with Gasteiger partial charge in [0.25, 0.3) is 5.92 Å². The zero-order valence-corrected chi connectivity index (χ0v) is 10.2. The average Bonchev–Trinajstić information content (AvgIpc) is 2.55. The second-order valence-electron chi connectivity index (χ2n) is 4.51. The van der Waals surface area contributed by atoms with Crippen molar-refractivity contribution in [1.29, 1.82) is 0 Å². The molecule has 0 aromatic heterocycles. The van der Waals surface area contributed by atoms with E-state index in [1.54, 1.807) is 0 Å². The van der Waals surface area contributed by atoms with Crippen LogP contribution in [0, 0.1) is 11.3 Å². The molecule has 0 N–H and O–H groups in total. The zero-order chi connectivity index (χ0) is 11.4. The first-order chi connectivity index (χ1) is 6.43. The van der Waals surface area contributed by atoms with Crippen molar-refractivity contribution >= 4 is 0 Å². The monoisotopic (exact) mass is 206 g/mol. The van der Waals surface area contributed by atoms with E-state index >= 15 is 0 Å². The summed E-state index contributed by atoms with van der Waals surface area (Å²) in [6, 6.07) is 0. The molecule has 0 bridgehead atoms. The van der Waals surface area contributed by atoms with E-state index in [0.717, 1.165) is 6.42 Å². The summed E-state index contributed by atoms with van der Waals surface area (Å²) >= 11 is 0. The van der Waals surface area contributed by atoms with E-state index in [2.05, 4.69) is 0 Å². The molecule has 14 heavy (non-hydrogen) atoms. The van der Waals surface area contributed by atoms with Crippen molar-refractivity contribution in [2.75, 3.05) is 0 Å². The number of rotatable bonds is 4. The molecule has 0 spiro atoms. The molecule has 1 saturated carbocycles. The Kier molecular flexibility index (Phi) is 5.03. The van der Waals surface area contributed by atoms with Crippen LogP contribution in [0.1, 0.15) is 60.3 Å².